The molecule has 0 bridgehead atoms. The Morgan fingerprint density at radius 2 is 1.06 bits per heavy atom. The Bertz CT molecular complexity index is 1800. The van der Waals surface area contributed by atoms with Crippen LogP contribution >= 0.6 is 46.4 Å². The van der Waals surface area contributed by atoms with Crippen LogP contribution in [0.5, 0.6) is 11.5 Å². The van der Waals surface area contributed by atoms with Crippen LogP contribution in [0.4, 0.5) is 20.2 Å². The van der Waals surface area contributed by atoms with Crippen molar-refractivity contribution in [3.8, 4) is 11.5 Å². The lowest BCUT2D eigenvalue weighted by Crippen LogP contribution is -2.29. The Kier molecular flexibility index (Phi) is 14.6. The lowest BCUT2D eigenvalue weighted by Gasteiger charge is -2.13. The Morgan fingerprint density at radius 1 is 0.633 bits per heavy atom. The zero-order valence-corrected chi connectivity index (χ0v) is 28.8. The van der Waals surface area contributed by atoms with E-state index in [1.165, 1.54) is 48.5 Å². The van der Waals surface area contributed by atoms with E-state index < -0.39 is 30.2 Å². The van der Waals surface area contributed by atoms with Crippen molar-refractivity contribution in [2.45, 2.75) is 19.6 Å². The molecule has 0 aliphatic carbocycles. The van der Waals surface area contributed by atoms with Gasteiger partial charge in [-0.25, -0.2) is 8.78 Å². The van der Waals surface area contributed by atoms with Crippen LogP contribution in [0.15, 0.2) is 60.7 Å². The summed E-state index contributed by atoms with van der Waals surface area (Å²) in [6.07, 6.45) is -0.185. The van der Waals surface area contributed by atoms with Crippen LogP contribution in [0.25, 0.3) is 0 Å². The number of carbonyl (C=O) groups excluding carboxylic acids is 1. The van der Waals surface area contributed by atoms with Gasteiger partial charge in [-0.2, -0.15) is 0 Å². The number of anilines is 2. The lowest BCUT2D eigenvalue weighted by molar-refractivity contribution is -0.137. The van der Waals surface area contributed by atoms with Gasteiger partial charge in [0.25, 0.3) is 5.91 Å². The maximum absolute atomic E-state index is 13.5. The number of hydrogen-bond acceptors (Lipinski definition) is 7. The third-order valence-electron chi connectivity index (χ3n) is 6.33. The van der Waals surface area contributed by atoms with E-state index in [1.807, 2.05) is 0 Å². The van der Waals surface area contributed by atoms with Gasteiger partial charge < -0.3 is 35.6 Å². The van der Waals surface area contributed by atoms with Gasteiger partial charge in [-0.15, -0.1) is 0 Å². The van der Waals surface area contributed by atoms with Crippen molar-refractivity contribution in [3.05, 3.63) is 115 Å². The van der Waals surface area contributed by atoms with E-state index >= 15 is 0 Å². The topological polar surface area (TPSA) is 146 Å². The predicted octanol–water partition coefficient (Wildman–Crippen LogP) is 7.95. The van der Waals surface area contributed by atoms with Gasteiger partial charge in [-0.1, -0.05) is 46.4 Å². The SMILES string of the molecule is CNc1cc(F)cc(COc2c(Cl)cc(C(=O)NCC(=O)O)cc2Cl)c1.CNc1cc(F)cc(COc2c(Cl)cc(CC(=O)O)cc2Cl)c1. The van der Waals surface area contributed by atoms with E-state index in [9.17, 15) is 23.2 Å². The van der Waals surface area contributed by atoms with Crippen LogP contribution in [0.2, 0.25) is 20.1 Å². The number of carboxylic acids is 2. The largest absolute Gasteiger partial charge is 0.486 e. The standard InChI is InChI=1S/C17H15Cl2FN2O4.C16H14Cl2FNO3/c1-21-12-3-9(2-11(20)6-12)8-26-16-13(18)4-10(5-14(16)19)17(25)22-7-15(23)24;1-20-12-3-10(2-11(19)7-12)8-23-16-13(17)4-9(5-14(16)18)6-15(21)22/h2-6,21H,7-8H2,1H3,(H,22,25)(H,23,24);2-5,7,20H,6,8H2,1H3,(H,21,22). The summed E-state index contributed by atoms with van der Waals surface area (Å²) >= 11 is 24.4. The molecule has 5 N–H and O–H groups in total. The fourth-order valence-electron chi connectivity index (χ4n) is 4.18. The summed E-state index contributed by atoms with van der Waals surface area (Å²) in [5, 5.41) is 25.8. The van der Waals surface area contributed by atoms with Crippen molar-refractivity contribution in [1.82, 2.24) is 5.32 Å². The van der Waals surface area contributed by atoms with Crippen LogP contribution in [0.3, 0.4) is 0 Å². The molecule has 0 spiro atoms. The molecule has 0 saturated carbocycles. The highest BCUT2D eigenvalue weighted by molar-refractivity contribution is 6.38. The third kappa shape index (κ3) is 12.2. The quantitative estimate of drug-likeness (QED) is 0.0917. The van der Waals surface area contributed by atoms with E-state index in [4.69, 9.17) is 66.1 Å². The van der Waals surface area contributed by atoms with Gasteiger partial charge in [0.2, 0.25) is 0 Å². The van der Waals surface area contributed by atoms with Crippen molar-refractivity contribution in [2.24, 2.45) is 0 Å². The van der Waals surface area contributed by atoms with Gasteiger partial charge in [0.05, 0.1) is 26.5 Å². The molecule has 0 atom stereocenters. The number of hydrogen-bond donors (Lipinski definition) is 5. The van der Waals surface area contributed by atoms with Crippen molar-refractivity contribution < 1.29 is 42.9 Å². The van der Waals surface area contributed by atoms with Gasteiger partial charge in [0, 0.05) is 31.0 Å². The number of aliphatic carboxylic acids is 2. The number of carboxylic acid groups (broad SMARTS) is 2. The summed E-state index contributed by atoms with van der Waals surface area (Å²) in [6.45, 7) is -0.444. The first-order valence-corrected chi connectivity index (χ1v) is 15.6. The Labute approximate surface area is 299 Å². The maximum Gasteiger partial charge on any atom is 0.322 e. The summed E-state index contributed by atoms with van der Waals surface area (Å²) in [6, 6.07) is 14.4. The number of nitrogens with one attached hydrogen (secondary N) is 3. The molecular weight excluding hydrogens is 730 g/mol. The second kappa shape index (κ2) is 18.3. The molecule has 0 aromatic heterocycles. The third-order valence-corrected chi connectivity index (χ3v) is 7.46. The molecule has 0 aliphatic heterocycles. The minimum atomic E-state index is -1.17. The van der Waals surface area contributed by atoms with Gasteiger partial charge in [-0.05, 0) is 77.4 Å². The van der Waals surface area contributed by atoms with Crippen LogP contribution in [-0.4, -0.2) is 48.7 Å². The van der Waals surface area contributed by atoms with E-state index in [-0.39, 0.29) is 62.6 Å². The highest BCUT2D eigenvalue weighted by atomic mass is 35.5. The smallest absolute Gasteiger partial charge is 0.322 e. The lowest BCUT2D eigenvalue weighted by atomic mass is 10.1. The van der Waals surface area contributed by atoms with Gasteiger partial charge in [-0.3, -0.25) is 14.4 Å². The first kappa shape index (κ1) is 39.0. The molecule has 49 heavy (non-hydrogen) atoms. The van der Waals surface area contributed by atoms with E-state index in [2.05, 4.69) is 16.0 Å². The number of amides is 1. The summed E-state index contributed by atoms with van der Waals surface area (Å²) in [5.41, 5.74) is 2.95. The molecular formula is C33H29Cl4F2N3O7. The van der Waals surface area contributed by atoms with Crippen molar-refractivity contribution in [1.29, 1.82) is 0 Å². The minimum Gasteiger partial charge on any atom is -0.486 e. The van der Waals surface area contributed by atoms with Gasteiger partial charge >= 0.3 is 11.9 Å². The molecule has 16 heteroatoms. The molecule has 0 heterocycles. The average molecular weight is 759 g/mol. The van der Waals surface area contributed by atoms with Crippen LogP contribution in [0.1, 0.15) is 27.0 Å². The van der Waals surface area contributed by atoms with Gasteiger partial charge in [0.15, 0.2) is 11.5 Å². The molecule has 260 valence electrons. The highest BCUT2D eigenvalue weighted by Gasteiger charge is 2.16. The van der Waals surface area contributed by atoms with Crippen molar-refractivity contribution in [3.63, 3.8) is 0 Å². The van der Waals surface area contributed by atoms with Crippen molar-refractivity contribution >= 4 is 75.6 Å². The molecule has 0 aliphatic rings. The molecule has 0 radical (unpaired) electrons. The Balaban J connectivity index is 0.000000267. The minimum absolute atomic E-state index is 0.0104. The zero-order chi connectivity index (χ0) is 36.2. The molecule has 10 nitrogen and oxygen atoms in total. The second-order valence-electron chi connectivity index (χ2n) is 10.1. The first-order valence-electron chi connectivity index (χ1n) is 14.1. The number of rotatable bonds is 13. The summed E-state index contributed by atoms with van der Waals surface area (Å²) < 4.78 is 38.1. The normalized spacial score (nSPS) is 10.4. The maximum atomic E-state index is 13.5. The fraction of sp³-hybridized carbons (Fsp3) is 0.182. The summed E-state index contributed by atoms with van der Waals surface area (Å²) in [7, 11) is 3.36. The molecule has 0 unspecified atom stereocenters. The van der Waals surface area contributed by atoms with E-state index in [0.29, 0.717) is 28.1 Å². The average Bonchev–Trinajstić information content (AvgIpc) is 3.02. The van der Waals surface area contributed by atoms with E-state index in [1.54, 1.807) is 26.2 Å². The molecule has 1 amide bonds. The zero-order valence-electron chi connectivity index (χ0n) is 25.8. The second-order valence-corrected chi connectivity index (χ2v) is 11.7. The van der Waals surface area contributed by atoms with Crippen LogP contribution in [-0.2, 0) is 29.2 Å². The highest BCUT2D eigenvalue weighted by Crippen LogP contribution is 2.36. The number of halogens is 6. The Hall–Kier alpha value is -4.49. The molecule has 4 rings (SSSR count). The summed E-state index contributed by atoms with van der Waals surface area (Å²) in [5.74, 6) is -3.22. The monoisotopic (exact) mass is 757 g/mol. The molecule has 0 fully saturated rings. The number of benzene rings is 4. The molecule has 0 saturated heterocycles. The summed E-state index contributed by atoms with van der Waals surface area (Å²) in [4.78, 5) is 33.1. The van der Waals surface area contributed by atoms with Crippen LogP contribution in [0, 0.1) is 11.6 Å². The van der Waals surface area contributed by atoms with E-state index in [0.717, 1.165) is 0 Å². The number of carbonyl (C=O) groups is 3. The Morgan fingerprint density at radius 3 is 1.45 bits per heavy atom. The molecule has 4 aromatic carbocycles. The number of ether oxygens (including phenoxy) is 2. The van der Waals surface area contributed by atoms with Crippen LogP contribution < -0.4 is 25.4 Å². The molecule has 4 aromatic rings. The predicted molar refractivity (Wildman–Crippen MR) is 185 cm³/mol. The van der Waals surface area contributed by atoms with Gasteiger partial charge in [0.1, 0.15) is 31.4 Å². The fourth-order valence-corrected chi connectivity index (χ4v) is 5.42. The first-order chi connectivity index (χ1) is 23.2. The van der Waals surface area contributed by atoms with Crippen molar-refractivity contribution in [2.75, 3.05) is 31.3 Å².